The summed E-state index contributed by atoms with van der Waals surface area (Å²) in [6.45, 7) is 3.15. The van der Waals surface area contributed by atoms with E-state index in [-0.39, 0.29) is 0 Å². The van der Waals surface area contributed by atoms with E-state index in [4.69, 9.17) is 15.0 Å². The second-order valence-corrected chi connectivity index (χ2v) is 5.27. The number of rotatable bonds is 4. The van der Waals surface area contributed by atoms with E-state index in [1.54, 1.807) is 13.0 Å². The first-order valence-corrected chi connectivity index (χ1v) is 6.74. The lowest BCUT2D eigenvalue weighted by molar-refractivity contribution is -0.125. The number of aryl methyl sites for hydroxylation is 1. The van der Waals surface area contributed by atoms with Crippen molar-refractivity contribution >= 4 is 23.0 Å². The Kier molecular flexibility index (Phi) is 3.12. The van der Waals surface area contributed by atoms with Crippen LogP contribution in [0.1, 0.15) is 47.4 Å². The minimum atomic E-state index is -0.995. The third-order valence-electron chi connectivity index (χ3n) is 3.54. The summed E-state index contributed by atoms with van der Waals surface area (Å²) in [5.41, 5.74) is 7.09. The second-order valence-electron chi connectivity index (χ2n) is 5.27. The zero-order chi connectivity index (χ0) is 15.1. The Labute approximate surface area is 120 Å². The number of amides is 1. The smallest absolute Gasteiger partial charge is 0.339 e. The van der Waals surface area contributed by atoms with Gasteiger partial charge < -0.3 is 15.0 Å². The quantitative estimate of drug-likeness (QED) is 0.853. The van der Waals surface area contributed by atoms with Gasteiger partial charge in [0.1, 0.15) is 0 Å². The standard InChI is InChI=1S/C14H15N3O4/c1-6-11-9(14(19)20-7(2)12(15)18)5-10(8-3-4-8)16-13(11)21-17-6/h5,7-8H,3-4H2,1-2H3,(H2,15,18). The number of carbonyl (C=O) groups is 2. The lowest BCUT2D eigenvalue weighted by atomic mass is 10.1. The van der Waals surface area contributed by atoms with Crippen molar-refractivity contribution < 1.29 is 18.8 Å². The topological polar surface area (TPSA) is 108 Å². The van der Waals surface area contributed by atoms with Gasteiger partial charge in [0, 0.05) is 11.6 Å². The van der Waals surface area contributed by atoms with Crippen molar-refractivity contribution in [1.82, 2.24) is 10.1 Å². The summed E-state index contributed by atoms with van der Waals surface area (Å²) in [4.78, 5) is 27.7. The predicted octanol–water partition coefficient (Wildman–Crippen LogP) is 1.44. The highest BCUT2D eigenvalue weighted by Gasteiger charge is 2.29. The molecule has 0 aliphatic heterocycles. The van der Waals surface area contributed by atoms with Crippen molar-refractivity contribution in [2.24, 2.45) is 5.73 Å². The molecule has 3 rings (SSSR count). The van der Waals surface area contributed by atoms with E-state index < -0.39 is 18.0 Å². The van der Waals surface area contributed by atoms with Gasteiger partial charge in [0.05, 0.1) is 16.6 Å². The summed E-state index contributed by atoms with van der Waals surface area (Å²) in [5.74, 6) is -0.972. The fraction of sp³-hybridized carbons (Fsp3) is 0.429. The fourth-order valence-electron chi connectivity index (χ4n) is 2.15. The summed E-state index contributed by atoms with van der Waals surface area (Å²) in [6, 6.07) is 1.69. The van der Waals surface area contributed by atoms with Gasteiger partial charge in [-0.3, -0.25) is 4.79 Å². The lowest BCUT2D eigenvalue weighted by Gasteiger charge is -2.10. The normalized spacial score (nSPS) is 15.9. The van der Waals surface area contributed by atoms with Gasteiger partial charge in [-0.2, -0.15) is 0 Å². The number of pyridine rings is 1. The van der Waals surface area contributed by atoms with Gasteiger partial charge in [-0.1, -0.05) is 5.16 Å². The van der Waals surface area contributed by atoms with Crippen LogP contribution in [0.5, 0.6) is 0 Å². The Balaban J connectivity index is 2.04. The molecule has 2 aromatic rings. The largest absolute Gasteiger partial charge is 0.449 e. The Morgan fingerprint density at radius 3 is 2.81 bits per heavy atom. The van der Waals surface area contributed by atoms with E-state index in [1.165, 1.54) is 6.92 Å². The van der Waals surface area contributed by atoms with Crippen LogP contribution in [0.4, 0.5) is 0 Å². The molecule has 2 heterocycles. The summed E-state index contributed by atoms with van der Waals surface area (Å²) in [5, 5.41) is 4.35. The number of fused-ring (bicyclic) bond motifs is 1. The molecular formula is C14H15N3O4. The number of ether oxygens (including phenoxy) is 1. The molecule has 7 nitrogen and oxygen atoms in total. The van der Waals surface area contributed by atoms with Gasteiger partial charge in [0.15, 0.2) is 6.10 Å². The maximum absolute atomic E-state index is 12.3. The van der Waals surface area contributed by atoms with E-state index in [1.807, 2.05) is 0 Å². The van der Waals surface area contributed by atoms with E-state index in [0.29, 0.717) is 28.3 Å². The van der Waals surface area contributed by atoms with E-state index in [9.17, 15) is 9.59 Å². The number of aromatic nitrogens is 2. The van der Waals surface area contributed by atoms with Gasteiger partial charge in [0.2, 0.25) is 0 Å². The number of hydrogen-bond donors (Lipinski definition) is 1. The molecule has 0 saturated heterocycles. The van der Waals surface area contributed by atoms with Crippen LogP contribution in [0.25, 0.3) is 11.1 Å². The van der Waals surface area contributed by atoms with Crippen LogP contribution in [0.15, 0.2) is 10.6 Å². The van der Waals surface area contributed by atoms with Crippen molar-refractivity contribution in [3.8, 4) is 0 Å². The highest BCUT2D eigenvalue weighted by Crippen LogP contribution is 2.40. The van der Waals surface area contributed by atoms with E-state index in [0.717, 1.165) is 18.5 Å². The van der Waals surface area contributed by atoms with Crippen molar-refractivity contribution in [3.05, 3.63) is 23.0 Å². The molecule has 0 spiro atoms. The maximum atomic E-state index is 12.3. The number of hydrogen-bond acceptors (Lipinski definition) is 6. The minimum Gasteiger partial charge on any atom is -0.449 e. The number of nitrogens with two attached hydrogens (primary N) is 1. The number of primary amides is 1. The van der Waals surface area contributed by atoms with Gasteiger partial charge in [-0.15, -0.1) is 0 Å². The van der Waals surface area contributed by atoms with Crippen LogP contribution in [0, 0.1) is 6.92 Å². The zero-order valence-corrected chi connectivity index (χ0v) is 11.8. The molecule has 1 saturated carbocycles. The third-order valence-corrected chi connectivity index (χ3v) is 3.54. The van der Waals surface area contributed by atoms with E-state index in [2.05, 4.69) is 10.1 Å². The first-order chi connectivity index (χ1) is 9.97. The highest BCUT2D eigenvalue weighted by atomic mass is 16.5. The molecule has 1 aliphatic rings. The molecule has 1 unspecified atom stereocenters. The fourth-order valence-corrected chi connectivity index (χ4v) is 2.15. The van der Waals surface area contributed by atoms with Crippen molar-refractivity contribution in [2.45, 2.75) is 38.7 Å². The van der Waals surface area contributed by atoms with Crippen molar-refractivity contribution in [1.29, 1.82) is 0 Å². The molecule has 1 fully saturated rings. The highest BCUT2D eigenvalue weighted by molar-refractivity contribution is 6.04. The minimum absolute atomic E-state index is 0.314. The number of nitrogens with zero attached hydrogens (tertiary/aromatic N) is 2. The second kappa shape index (κ2) is 4.83. The lowest BCUT2D eigenvalue weighted by Crippen LogP contribution is -2.30. The first kappa shape index (κ1) is 13.5. The van der Waals surface area contributed by atoms with Crippen molar-refractivity contribution in [2.75, 3.05) is 0 Å². The van der Waals surface area contributed by atoms with Crippen LogP contribution < -0.4 is 5.73 Å². The zero-order valence-electron chi connectivity index (χ0n) is 11.8. The molecule has 0 bridgehead atoms. The molecule has 2 N–H and O–H groups in total. The molecule has 1 atom stereocenters. The summed E-state index contributed by atoms with van der Waals surface area (Å²) >= 11 is 0. The Bertz CT molecular complexity index is 733. The van der Waals surface area contributed by atoms with Crippen LogP contribution in [0.2, 0.25) is 0 Å². The molecule has 110 valence electrons. The predicted molar refractivity (Wildman–Crippen MR) is 72.6 cm³/mol. The number of esters is 1. The molecule has 1 amide bonds. The molecule has 7 heteroatoms. The maximum Gasteiger partial charge on any atom is 0.339 e. The van der Waals surface area contributed by atoms with Crippen LogP contribution in [0.3, 0.4) is 0 Å². The van der Waals surface area contributed by atoms with Gasteiger partial charge in [-0.05, 0) is 32.8 Å². The molecule has 0 aromatic carbocycles. The van der Waals surface area contributed by atoms with Gasteiger partial charge >= 0.3 is 5.97 Å². The molecule has 1 aliphatic carbocycles. The molecule has 2 aromatic heterocycles. The monoisotopic (exact) mass is 289 g/mol. The first-order valence-electron chi connectivity index (χ1n) is 6.74. The SMILES string of the molecule is Cc1noc2nc(C3CC3)cc(C(=O)OC(C)C(N)=O)c12. The van der Waals surface area contributed by atoms with Crippen LogP contribution in [-0.2, 0) is 9.53 Å². The van der Waals surface area contributed by atoms with Crippen molar-refractivity contribution in [3.63, 3.8) is 0 Å². The average molecular weight is 289 g/mol. The average Bonchev–Trinajstić information content (AvgIpc) is 3.22. The number of carbonyl (C=O) groups excluding carboxylic acids is 2. The summed E-state index contributed by atoms with van der Waals surface area (Å²) in [7, 11) is 0. The Morgan fingerprint density at radius 1 is 1.48 bits per heavy atom. The molecular weight excluding hydrogens is 274 g/mol. The van der Waals surface area contributed by atoms with Crippen LogP contribution >= 0.6 is 0 Å². The van der Waals surface area contributed by atoms with E-state index >= 15 is 0 Å². The molecule has 0 radical (unpaired) electrons. The molecule has 21 heavy (non-hydrogen) atoms. The van der Waals surface area contributed by atoms with Gasteiger partial charge in [-0.25, -0.2) is 9.78 Å². The third kappa shape index (κ3) is 2.46. The Morgan fingerprint density at radius 2 is 2.19 bits per heavy atom. The Hall–Kier alpha value is -2.44. The van der Waals surface area contributed by atoms with Crippen LogP contribution in [-0.4, -0.2) is 28.1 Å². The summed E-state index contributed by atoms with van der Waals surface area (Å²) < 4.78 is 10.2. The van der Waals surface area contributed by atoms with Gasteiger partial charge in [0.25, 0.3) is 11.6 Å². The summed E-state index contributed by atoms with van der Waals surface area (Å²) in [6.07, 6.45) is 1.08.